The molecule has 2 aromatic carbocycles. The summed E-state index contributed by atoms with van der Waals surface area (Å²) >= 11 is 0. The van der Waals surface area contributed by atoms with Crippen molar-refractivity contribution in [3.63, 3.8) is 0 Å². The molecule has 1 aliphatic heterocycles. The van der Waals surface area contributed by atoms with Gasteiger partial charge in [-0.15, -0.1) is 0 Å². The molecule has 0 unspecified atom stereocenters. The van der Waals surface area contributed by atoms with Crippen LogP contribution in [-0.4, -0.2) is 33.6 Å². The number of nitrogens with one attached hydrogen (secondary N) is 1. The lowest BCUT2D eigenvalue weighted by Crippen LogP contribution is -2.49. The zero-order valence-electron chi connectivity index (χ0n) is 17.8. The topological polar surface area (TPSA) is 110 Å². The molecule has 2 bridgehead atoms. The van der Waals surface area contributed by atoms with Crippen LogP contribution in [0.5, 0.6) is 0 Å². The van der Waals surface area contributed by atoms with Crippen LogP contribution in [0, 0.1) is 33.8 Å². The Labute approximate surface area is 190 Å². The van der Waals surface area contributed by atoms with Gasteiger partial charge in [0, 0.05) is 12.5 Å². The number of para-hydroxylation sites is 2. The summed E-state index contributed by atoms with van der Waals surface area (Å²) in [4.78, 5) is 52.4. The van der Waals surface area contributed by atoms with Gasteiger partial charge in [0.15, 0.2) is 0 Å². The summed E-state index contributed by atoms with van der Waals surface area (Å²) in [6.07, 6.45) is 5.92. The Bertz CT molecular complexity index is 1130. The fourth-order valence-electron chi connectivity index (χ4n) is 5.50. The van der Waals surface area contributed by atoms with Gasteiger partial charge in [0.25, 0.3) is 5.69 Å². The maximum Gasteiger partial charge on any atom is 0.292 e. The van der Waals surface area contributed by atoms with E-state index in [1.54, 1.807) is 6.07 Å². The van der Waals surface area contributed by atoms with Crippen LogP contribution in [0.25, 0.3) is 0 Å². The third-order valence-electron chi connectivity index (χ3n) is 7.04. The zero-order chi connectivity index (χ0) is 23.1. The number of allylic oxidation sites excluding steroid dienone is 2. The van der Waals surface area contributed by atoms with Crippen LogP contribution < -0.4 is 5.32 Å². The summed E-state index contributed by atoms with van der Waals surface area (Å²) in [6.45, 7) is 0. The van der Waals surface area contributed by atoms with Crippen molar-refractivity contribution in [1.29, 1.82) is 0 Å². The zero-order valence-corrected chi connectivity index (χ0v) is 17.8. The van der Waals surface area contributed by atoms with Gasteiger partial charge in [0.05, 0.1) is 16.8 Å². The highest BCUT2D eigenvalue weighted by Crippen LogP contribution is 2.50. The Morgan fingerprint density at radius 2 is 1.55 bits per heavy atom. The standard InChI is InChI=1S/C25H23N3O5/c29-23(26-18-8-4-5-9-19(18)28(32)33)20(14-15-6-2-1-3-7-15)27-24(30)21-16-10-11-17(13-12-16)22(21)25(27)31/h1-11,16-17,20-22H,12-14H2,(H,26,29)/t16-,17-,20+,21-,22+/m0/s1. The number of nitro benzene ring substituents is 1. The smallest absolute Gasteiger partial charge is 0.292 e. The molecule has 1 saturated carbocycles. The molecule has 4 aliphatic rings. The molecule has 8 heteroatoms. The fourth-order valence-corrected chi connectivity index (χ4v) is 5.50. The largest absolute Gasteiger partial charge is 0.319 e. The minimum absolute atomic E-state index is 0.0112. The Balaban J connectivity index is 1.49. The van der Waals surface area contributed by atoms with Gasteiger partial charge in [-0.3, -0.25) is 29.4 Å². The lowest BCUT2D eigenvalue weighted by molar-refractivity contribution is -0.383. The molecular formula is C25H23N3O5. The lowest BCUT2D eigenvalue weighted by Gasteiger charge is -2.38. The third-order valence-corrected chi connectivity index (χ3v) is 7.04. The number of benzene rings is 2. The maximum absolute atomic E-state index is 13.5. The normalized spacial score (nSPS) is 26.2. The molecule has 0 spiro atoms. The summed E-state index contributed by atoms with van der Waals surface area (Å²) in [7, 11) is 0. The molecule has 5 atom stereocenters. The van der Waals surface area contributed by atoms with E-state index in [1.807, 2.05) is 42.5 Å². The molecule has 1 heterocycles. The molecule has 6 rings (SSSR count). The van der Waals surface area contributed by atoms with E-state index >= 15 is 0 Å². The van der Waals surface area contributed by atoms with Gasteiger partial charge in [0.1, 0.15) is 11.7 Å². The molecule has 1 N–H and O–H groups in total. The first kappa shape index (κ1) is 21.1. The first-order valence-electron chi connectivity index (χ1n) is 11.1. The fraction of sp³-hybridized carbons (Fsp3) is 0.320. The van der Waals surface area contributed by atoms with Crippen LogP contribution in [0.15, 0.2) is 66.7 Å². The number of carbonyl (C=O) groups is 3. The molecule has 168 valence electrons. The first-order chi connectivity index (χ1) is 16.0. The summed E-state index contributed by atoms with van der Waals surface area (Å²) in [5.74, 6) is -2.09. The molecular weight excluding hydrogens is 422 g/mol. The molecule has 2 aromatic rings. The van der Waals surface area contributed by atoms with E-state index in [1.165, 1.54) is 18.2 Å². The molecule has 1 saturated heterocycles. The number of carbonyl (C=O) groups excluding carboxylic acids is 3. The van der Waals surface area contributed by atoms with Gasteiger partial charge >= 0.3 is 0 Å². The van der Waals surface area contributed by atoms with Crippen molar-refractivity contribution < 1.29 is 19.3 Å². The van der Waals surface area contributed by atoms with Crippen molar-refractivity contribution >= 4 is 29.1 Å². The second kappa shape index (κ2) is 8.27. The van der Waals surface area contributed by atoms with E-state index in [2.05, 4.69) is 5.32 Å². The number of amides is 3. The Hall–Kier alpha value is -3.81. The maximum atomic E-state index is 13.5. The number of anilines is 1. The summed E-state index contributed by atoms with van der Waals surface area (Å²) in [5.41, 5.74) is 0.569. The molecule has 33 heavy (non-hydrogen) atoms. The predicted octanol–water partition coefficient (Wildman–Crippen LogP) is 3.34. The molecule has 3 aliphatic carbocycles. The number of nitro groups is 1. The molecule has 0 radical (unpaired) electrons. The molecule has 8 nitrogen and oxygen atoms in total. The van der Waals surface area contributed by atoms with E-state index in [0.29, 0.717) is 0 Å². The van der Waals surface area contributed by atoms with E-state index in [0.717, 1.165) is 23.3 Å². The first-order valence-corrected chi connectivity index (χ1v) is 11.1. The molecule has 3 amide bonds. The van der Waals surface area contributed by atoms with Crippen LogP contribution in [0.3, 0.4) is 0 Å². The lowest BCUT2D eigenvalue weighted by atomic mass is 9.63. The number of likely N-dealkylation sites (tertiary alicyclic amines) is 1. The van der Waals surface area contributed by atoms with Crippen LogP contribution >= 0.6 is 0 Å². The van der Waals surface area contributed by atoms with Crippen molar-refractivity contribution in [3.8, 4) is 0 Å². The number of hydrogen-bond acceptors (Lipinski definition) is 5. The summed E-state index contributed by atoms with van der Waals surface area (Å²) in [6, 6.07) is 13.9. The van der Waals surface area contributed by atoms with E-state index in [-0.39, 0.29) is 41.4 Å². The minimum atomic E-state index is -1.10. The van der Waals surface area contributed by atoms with Gasteiger partial charge in [-0.1, -0.05) is 54.6 Å². The van der Waals surface area contributed by atoms with Crippen molar-refractivity contribution in [2.24, 2.45) is 23.7 Å². The van der Waals surface area contributed by atoms with Crippen molar-refractivity contribution in [2.75, 3.05) is 5.32 Å². The summed E-state index contributed by atoms with van der Waals surface area (Å²) in [5, 5.41) is 14.0. The SMILES string of the molecule is O=C(Nc1ccccc1[N+](=O)[O-])[C@@H](Cc1ccccc1)N1C(=O)[C@@H]2[C@H](C1=O)[C@H]1C=C[C@H]2CC1. The van der Waals surface area contributed by atoms with Gasteiger partial charge in [0.2, 0.25) is 17.7 Å². The Morgan fingerprint density at radius 1 is 0.970 bits per heavy atom. The van der Waals surface area contributed by atoms with Gasteiger partial charge in [-0.2, -0.15) is 0 Å². The number of imide groups is 1. The number of nitrogens with zero attached hydrogens (tertiary/aromatic N) is 2. The van der Waals surface area contributed by atoms with E-state index in [9.17, 15) is 24.5 Å². The van der Waals surface area contributed by atoms with Gasteiger partial charge in [-0.25, -0.2) is 0 Å². The molecule has 0 aromatic heterocycles. The second-order valence-corrected chi connectivity index (χ2v) is 8.86. The van der Waals surface area contributed by atoms with E-state index in [4.69, 9.17) is 0 Å². The van der Waals surface area contributed by atoms with Gasteiger partial charge in [-0.05, 0) is 36.3 Å². The van der Waals surface area contributed by atoms with Crippen LogP contribution in [0.2, 0.25) is 0 Å². The average molecular weight is 445 g/mol. The van der Waals surface area contributed by atoms with E-state index < -0.39 is 28.7 Å². The number of rotatable bonds is 6. The third kappa shape index (κ3) is 3.61. The van der Waals surface area contributed by atoms with Crippen LogP contribution in [-0.2, 0) is 20.8 Å². The molecule has 2 fully saturated rings. The highest BCUT2D eigenvalue weighted by Gasteiger charge is 2.58. The number of fused-ring (bicyclic) bond motifs is 1. The Kier molecular flexibility index (Phi) is 5.28. The van der Waals surface area contributed by atoms with Crippen molar-refractivity contribution in [3.05, 3.63) is 82.4 Å². The van der Waals surface area contributed by atoms with Crippen molar-refractivity contribution in [1.82, 2.24) is 4.90 Å². The van der Waals surface area contributed by atoms with Crippen LogP contribution in [0.1, 0.15) is 18.4 Å². The number of hydrogen-bond donors (Lipinski definition) is 1. The highest BCUT2D eigenvalue weighted by molar-refractivity contribution is 6.11. The Morgan fingerprint density at radius 3 is 2.12 bits per heavy atom. The minimum Gasteiger partial charge on any atom is -0.319 e. The predicted molar refractivity (Wildman–Crippen MR) is 120 cm³/mol. The monoisotopic (exact) mass is 445 g/mol. The van der Waals surface area contributed by atoms with Crippen LogP contribution in [0.4, 0.5) is 11.4 Å². The highest BCUT2D eigenvalue weighted by atomic mass is 16.6. The second-order valence-electron chi connectivity index (χ2n) is 8.86. The van der Waals surface area contributed by atoms with Gasteiger partial charge < -0.3 is 5.32 Å². The quantitative estimate of drug-likeness (QED) is 0.317. The summed E-state index contributed by atoms with van der Waals surface area (Å²) < 4.78 is 0. The average Bonchev–Trinajstić information content (AvgIpc) is 3.11. The van der Waals surface area contributed by atoms with Crippen molar-refractivity contribution in [2.45, 2.75) is 25.3 Å².